The first-order valence-electron chi connectivity index (χ1n) is 6.30. The molecule has 8 heteroatoms. The second-order valence-corrected chi connectivity index (χ2v) is 4.41. The second-order valence-electron chi connectivity index (χ2n) is 4.00. The maximum absolute atomic E-state index is 5.00. The maximum Gasteiger partial charge on any atom is 0.181 e. The molecule has 0 saturated heterocycles. The maximum atomic E-state index is 5.00. The molecule has 0 atom stereocenters. The van der Waals surface area contributed by atoms with E-state index < -0.39 is 0 Å². The van der Waals surface area contributed by atoms with E-state index in [9.17, 15) is 0 Å². The third-order valence-corrected chi connectivity index (χ3v) is 2.90. The minimum Gasteiger partial charge on any atom is -0.370 e. The summed E-state index contributed by atoms with van der Waals surface area (Å²) in [7, 11) is 1.76. The van der Waals surface area contributed by atoms with E-state index >= 15 is 0 Å². The summed E-state index contributed by atoms with van der Waals surface area (Å²) in [4.78, 5) is 8.63. The summed E-state index contributed by atoms with van der Waals surface area (Å²) in [6, 6.07) is 3.79. The molecule has 0 unspecified atom stereocenters. The molecule has 0 aliphatic heterocycles. The van der Waals surface area contributed by atoms with E-state index in [2.05, 4.69) is 36.1 Å². The van der Waals surface area contributed by atoms with E-state index in [0.29, 0.717) is 17.5 Å². The SMILES string of the molecule is CCNc1cc(-c2n[nH]c(CNC(=S)NC)n2)ccn1. The highest BCUT2D eigenvalue weighted by Gasteiger charge is 2.07. The number of nitrogens with one attached hydrogen (secondary N) is 4. The minimum atomic E-state index is 0.498. The Morgan fingerprint density at radius 1 is 1.45 bits per heavy atom. The first kappa shape index (κ1) is 14.2. The number of aromatic amines is 1. The lowest BCUT2D eigenvalue weighted by Gasteiger charge is -2.03. The third-order valence-electron chi connectivity index (χ3n) is 2.55. The van der Waals surface area contributed by atoms with Crippen LogP contribution in [-0.4, -0.2) is 38.9 Å². The van der Waals surface area contributed by atoms with E-state index in [1.165, 1.54) is 0 Å². The van der Waals surface area contributed by atoms with Gasteiger partial charge in [-0.1, -0.05) is 0 Å². The van der Waals surface area contributed by atoms with Gasteiger partial charge >= 0.3 is 0 Å². The summed E-state index contributed by atoms with van der Waals surface area (Å²) in [5.74, 6) is 2.17. The van der Waals surface area contributed by atoms with E-state index in [-0.39, 0.29) is 0 Å². The van der Waals surface area contributed by atoms with E-state index in [4.69, 9.17) is 12.2 Å². The molecule has 2 aromatic rings. The van der Waals surface area contributed by atoms with Gasteiger partial charge in [0.1, 0.15) is 11.6 Å². The Labute approximate surface area is 122 Å². The lowest BCUT2D eigenvalue weighted by molar-refractivity contribution is 0.819. The summed E-state index contributed by atoms with van der Waals surface area (Å²) < 4.78 is 0. The van der Waals surface area contributed by atoms with E-state index in [0.717, 1.165) is 23.8 Å². The van der Waals surface area contributed by atoms with Gasteiger partial charge in [-0.3, -0.25) is 5.10 Å². The molecular formula is C12H17N7S. The smallest absolute Gasteiger partial charge is 0.181 e. The molecule has 0 fully saturated rings. The monoisotopic (exact) mass is 291 g/mol. The molecule has 2 aromatic heterocycles. The summed E-state index contributed by atoms with van der Waals surface area (Å²) >= 11 is 5.00. The zero-order valence-electron chi connectivity index (χ0n) is 11.4. The molecule has 106 valence electrons. The van der Waals surface area contributed by atoms with Crippen LogP contribution in [0.4, 0.5) is 5.82 Å². The number of hydrogen-bond donors (Lipinski definition) is 4. The number of thiocarbonyl (C=S) groups is 1. The van der Waals surface area contributed by atoms with Gasteiger partial charge in [0.05, 0.1) is 6.54 Å². The summed E-state index contributed by atoms with van der Waals surface area (Å²) in [6.45, 7) is 3.34. The first-order valence-corrected chi connectivity index (χ1v) is 6.71. The highest BCUT2D eigenvalue weighted by molar-refractivity contribution is 7.80. The predicted molar refractivity (Wildman–Crippen MR) is 82.3 cm³/mol. The number of nitrogens with zero attached hydrogens (tertiary/aromatic N) is 3. The van der Waals surface area contributed by atoms with Crippen molar-refractivity contribution in [1.29, 1.82) is 0 Å². The van der Waals surface area contributed by atoms with Crippen LogP contribution in [0.1, 0.15) is 12.7 Å². The van der Waals surface area contributed by atoms with E-state index in [1.807, 2.05) is 19.1 Å². The Hall–Kier alpha value is -2.22. The second kappa shape index (κ2) is 6.80. The Kier molecular flexibility index (Phi) is 4.83. The van der Waals surface area contributed by atoms with Crippen molar-refractivity contribution in [1.82, 2.24) is 30.8 Å². The van der Waals surface area contributed by atoms with Crippen molar-refractivity contribution in [2.24, 2.45) is 0 Å². The highest BCUT2D eigenvalue weighted by atomic mass is 32.1. The Morgan fingerprint density at radius 3 is 3.05 bits per heavy atom. The van der Waals surface area contributed by atoms with Crippen LogP contribution in [-0.2, 0) is 6.54 Å². The van der Waals surface area contributed by atoms with Gasteiger partial charge in [0.25, 0.3) is 0 Å². The molecule has 0 aliphatic carbocycles. The van der Waals surface area contributed by atoms with Crippen LogP contribution in [0.15, 0.2) is 18.3 Å². The fourth-order valence-electron chi connectivity index (χ4n) is 1.60. The van der Waals surface area contributed by atoms with Gasteiger partial charge in [-0.25, -0.2) is 9.97 Å². The van der Waals surface area contributed by atoms with Gasteiger partial charge in [0, 0.05) is 25.4 Å². The molecule has 2 rings (SSSR count). The zero-order valence-corrected chi connectivity index (χ0v) is 12.2. The fourth-order valence-corrected chi connectivity index (χ4v) is 1.68. The molecule has 0 bridgehead atoms. The Balaban J connectivity index is 2.08. The van der Waals surface area contributed by atoms with Crippen LogP contribution in [0, 0.1) is 0 Å². The van der Waals surface area contributed by atoms with Crippen molar-refractivity contribution >= 4 is 23.1 Å². The van der Waals surface area contributed by atoms with Gasteiger partial charge in [-0.05, 0) is 31.3 Å². The third kappa shape index (κ3) is 3.64. The van der Waals surface area contributed by atoms with Crippen LogP contribution in [0.25, 0.3) is 11.4 Å². The topological polar surface area (TPSA) is 90.5 Å². The highest BCUT2D eigenvalue weighted by Crippen LogP contribution is 2.16. The molecule has 2 heterocycles. The number of hydrogen-bond acceptors (Lipinski definition) is 5. The van der Waals surface area contributed by atoms with Gasteiger partial charge in [-0.2, -0.15) is 5.10 Å². The van der Waals surface area contributed by atoms with Crippen LogP contribution in [0.3, 0.4) is 0 Å². The van der Waals surface area contributed by atoms with Crippen molar-refractivity contribution in [3.8, 4) is 11.4 Å². The molecule has 20 heavy (non-hydrogen) atoms. The molecule has 4 N–H and O–H groups in total. The van der Waals surface area contributed by atoms with Gasteiger partial charge in [-0.15, -0.1) is 0 Å². The quantitative estimate of drug-likeness (QED) is 0.608. The molecule has 7 nitrogen and oxygen atoms in total. The number of rotatable bonds is 5. The Morgan fingerprint density at radius 2 is 2.30 bits per heavy atom. The van der Waals surface area contributed by atoms with Gasteiger partial charge < -0.3 is 16.0 Å². The number of pyridine rings is 1. The van der Waals surface area contributed by atoms with Crippen molar-refractivity contribution in [2.45, 2.75) is 13.5 Å². The molecule has 0 aliphatic rings. The van der Waals surface area contributed by atoms with Crippen LogP contribution >= 0.6 is 12.2 Å². The van der Waals surface area contributed by atoms with Crippen LogP contribution in [0.5, 0.6) is 0 Å². The summed E-state index contributed by atoms with van der Waals surface area (Å²) in [5.41, 5.74) is 0.912. The van der Waals surface area contributed by atoms with Crippen molar-refractivity contribution in [3.63, 3.8) is 0 Å². The molecular weight excluding hydrogens is 274 g/mol. The number of aromatic nitrogens is 4. The molecule has 0 radical (unpaired) electrons. The number of H-pyrrole nitrogens is 1. The standard InChI is InChI=1S/C12H17N7S/c1-3-14-9-6-8(4-5-15-9)11-17-10(18-19-11)7-16-12(20)13-2/h4-6H,3,7H2,1-2H3,(H,14,15)(H2,13,16,20)(H,17,18,19). The Bertz CT molecular complexity index is 581. The van der Waals surface area contributed by atoms with E-state index in [1.54, 1.807) is 13.2 Å². The van der Waals surface area contributed by atoms with Crippen molar-refractivity contribution in [2.75, 3.05) is 18.9 Å². The average Bonchev–Trinajstić information content (AvgIpc) is 2.94. The predicted octanol–water partition coefficient (Wildman–Crippen LogP) is 0.892. The van der Waals surface area contributed by atoms with Gasteiger partial charge in [0.15, 0.2) is 10.9 Å². The van der Waals surface area contributed by atoms with Gasteiger partial charge in [0.2, 0.25) is 0 Å². The largest absolute Gasteiger partial charge is 0.370 e. The van der Waals surface area contributed by atoms with Crippen molar-refractivity contribution in [3.05, 3.63) is 24.2 Å². The normalized spacial score (nSPS) is 10.1. The molecule has 0 saturated carbocycles. The lowest BCUT2D eigenvalue weighted by atomic mass is 10.2. The lowest BCUT2D eigenvalue weighted by Crippen LogP contribution is -2.32. The summed E-state index contributed by atoms with van der Waals surface area (Å²) in [5, 5.41) is 16.7. The average molecular weight is 291 g/mol. The van der Waals surface area contributed by atoms with Crippen LogP contribution < -0.4 is 16.0 Å². The molecule has 0 aromatic carbocycles. The molecule has 0 spiro atoms. The van der Waals surface area contributed by atoms with Crippen molar-refractivity contribution < 1.29 is 0 Å². The number of anilines is 1. The first-order chi connectivity index (χ1) is 9.72. The molecule has 0 amide bonds. The minimum absolute atomic E-state index is 0.498. The zero-order chi connectivity index (χ0) is 14.4. The summed E-state index contributed by atoms with van der Waals surface area (Å²) in [6.07, 6.45) is 1.73. The van der Waals surface area contributed by atoms with Crippen LogP contribution in [0.2, 0.25) is 0 Å². The fraction of sp³-hybridized carbons (Fsp3) is 0.333.